The van der Waals surface area contributed by atoms with Gasteiger partial charge in [0.15, 0.2) is 0 Å². The number of carbonyl (C=O) groups excluding carboxylic acids is 2. The van der Waals surface area contributed by atoms with Gasteiger partial charge in [-0.3, -0.25) is 9.69 Å². The maximum Gasteiger partial charge on any atom is 0.407 e. The number of anilines is 1. The van der Waals surface area contributed by atoms with E-state index in [9.17, 15) is 19.5 Å². The van der Waals surface area contributed by atoms with Gasteiger partial charge in [0.1, 0.15) is 18.7 Å². The molecule has 0 spiro atoms. The molecular weight excluding hydrogens is 464 g/mol. The Labute approximate surface area is 207 Å². The summed E-state index contributed by atoms with van der Waals surface area (Å²) in [5, 5.41) is 12.3. The van der Waals surface area contributed by atoms with Crippen LogP contribution in [0.3, 0.4) is 0 Å². The van der Waals surface area contributed by atoms with Crippen LogP contribution in [0.1, 0.15) is 24.0 Å². The molecule has 3 aromatic rings. The third kappa shape index (κ3) is 4.25. The first-order valence-corrected chi connectivity index (χ1v) is 12.3. The second-order valence-electron chi connectivity index (χ2n) is 8.52. The van der Waals surface area contributed by atoms with Crippen molar-refractivity contribution in [3.05, 3.63) is 83.9 Å². The number of para-hydroxylation sites is 1. The first kappa shape index (κ1) is 23.0. The van der Waals surface area contributed by atoms with E-state index in [2.05, 4.69) is 17.4 Å². The van der Waals surface area contributed by atoms with E-state index >= 15 is 0 Å². The molecule has 0 bridgehead atoms. The molecule has 0 aromatic heterocycles. The van der Waals surface area contributed by atoms with E-state index < -0.39 is 30.1 Å². The molecule has 1 aliphatic carbocycles. The van der Waals surface area contributed by atoms with E-state index in [1.807, 2.05) is 48.5 Å². The number of thioether (sulfide) groups is 1. The highest BCUT2D eigenvalue weighted by Gasteiger charge is 2.37. The molecule has 0 radical (unpaired) electrons. The van der Waals surface area contributed by atoms with Crippen molar-refractivity contribution in [2.24, 2.45) is 0 Å². The van der Waals surface area contributed by atoms with Gasteiger partial charge in [-0.05, 0) is 41.3 Å². The summed E-state index contributed by atoms with van der Waals surface area (Å²) in [6.07, 6.45) is -0.709. The molecule has 35 heavy (non-hydrogen) atoms. The first-order valence-electron chi connectivity index (χ1n) is 11.3. The quantitative estimate of drug-likeness (QED) is 0.549. The van der Waals surface area contributed by atoms with E-state index in [0.29, 0.717) is 5.69 Å². The van der Waals surface area contributed by atoms with Gasteiger partial charge in [0, 0.05) is 16.6 Å². The normalized spacial score (nSPS) is 17.6. The molecule has 5 rings (SSSR count). The molecule has 2 atom stereocenters. The highest BCUT2D eigenvalue weighted by atomic mass is 32.2. The maximum absolute atomic E-state index is 13.4. The van der Waals surface area contributed by atoms with E-state index in [1.165, 1.54) is 23.6 Å². The minimum absolute atomic E-state index is 0.0971. The van der Waals surface area contributed by atoms with Crippen LogP contribution in [0, 0.1) is 0 Å². The monoisotopic (exact) mass is 488 g/mol. The lowest BCUT2D eigenvalue weighted by molar-refractivity contribution is -0.139. The number of hydrogen-bond donors (Lipinski definition) is 2. The standard InChI is InChI=1S/C27H24N2O5S/c1-16(26(31)32)29-23-12-6-7-13-24(23)35-15-22(25(29)30)28-27(33)34-14-21-19-10-4-2-8-17(19)18-9-3-5-11-20(18)21/h2-13,16,21-22H,14-15H2,1H3,(H,28,33)(H,31,32). The van der Waals surface area contributed by atoms with Crippen molar-refractivity contribution in [2.45, 2.75) is 29.8 Å². The van der Waals surface area contributed by atoms with Crippen LogP contribution >= 0.6 is 11.8 Å². The predicted octanol–water partition coefficient (Wildman–Crippen LogP) is 4.51. The molecule has 7 nitrogen and oxygen atoms in total. The Balaban J connectivity index is 1.32. The van der Waals surface area contributed by atoms with Crippen LogP contribution in [-0.4, -0.2) is 47.5 Å². The Morgan fingerprint density at radius 3 is 2.29 bits per heavy atom. The lowest BCUT2D eigenvalue weighted by atomic mass is 9.98. The Bertz CT molecular complexity index is 1260. The number of nitrogens with one attached hydrogen (secondary N) is 1. The Morgan fingerprint density at radius 1 is 1.03 bits per heavy atom. The van der Waals surface area contributed by atoms with Crippen LogP contribution < -0.4 is 10.2 Å². The van der Waals surface area contributed by atoms with Gasteiger partial charge < -0.3 is 15.2 Å². The molecule has 1 heterocycles. The molecule has 2 aliphatic rings. The average molecular weight is 489 g/mol. The summed E-state index contributed by atoms with van der Waals surface area (Å²) in [5.74, 6) is -1.44. The molecule has 3 aromatic carbocycles. The van der Waals surface area contributed by atoms with Crippen LogP contribution in [0.4, 0.5) is 10.5 Å². The smallest absolute Gasteiger partial charge is 0.407 e. The van der Waals surface area contributed by atoms with Crippen molar-refractivity contribution in [2.75, 3.05) is 17.3 Å². The summed E-state index contributed by atoms with van der Waals surface area (Å²) in [6.45, 7) is 1.58. The Morgan fingerprint density at radius 2 is 1.63 bits per heavy atom. The predicted molar refractivity (Wildman–Crippen MR) is 134 cm³/mol. The second-order valence-corrected chi connectivity index (χ2v) is 9.59. The lowest BCUT2D eigenvalue weighted by Gasteiger charge is -2.29. The number of nitrogens with zero attached hydrogens (tertiary/aromatic N) is 1. The number of alkyl carbamates (subject to hydrolysis) is 1. The van der Waals surface area contributed by atoms with Crippen molar-refractivity contribution in [3.63, 3.8) is 0 Å². The molecule has 0 saturated carbocycles. The number of carboxylic acids is 1. The van der Waals surface area contributed by atoms with Crippen LogP contribution in [-0.2, 0) is 14.3 Å². The van der Waals surface area contributed by atoms with E-state index in [1.54, 1.807) is 12.1 Å². The number of carbonyl (C=O) groups is 3. The van der Waals surface area contributed by atoms with Crippen LogP contribution in [0.2, 0.25) is 0 Å². The molecule has 0 fully saturated rings. The molecule has 178 valence electrons. The van der Waals surface area contributed by atoms with Gasteiger partial charge in [-0.15, -0.1) is 11.8 Å². The maximum atomic E-state index is 13.4. The fraction of sp³-hybridized carbons (Fsp3) is 0.222. The Hall–Kier alpha value is -3.78. The number of aliphatic carboxylic acids is 1. The summed E-state index contributed by atoms with van der Waals surface area (Å²) in [7, 11) is 0. The van der Waals surface area contributed by atoms with Gasteiger partial charge in [0.2, 0.25) is 0 Å². The minimum atomic E-state index is -1.13. The third-order valence-electron chi connectivity index (χ3n) is 6.45. The van der Waals surface area contributed by atoms with E-state index in [4.69, 9.17) is 4.74 Å². The summed E-state index contributed by atoms with van der Waals surface area (Å²) < 4.78 is 5.61. The number of rotatable bonds is 5. The summed E-state index contributed by atoms with van der Waals surface area (Å²) >= 11 is 1.40. The fourth-order valence-corrected chi connectivity index (χ4v) is 5.77. The van der Waals surface area contributed by atoms with Crippen molar-refractivity contribution < 1.29 is 24.2 Å². The highest BCUT2D eigenvalue weighted by Crippen LogP contribution is 2.44. The molecule has 0 saturated heterocycles. The summed E-state index contributed by atoms with van der Waals surface area (Å²) in [4.78, 5) is 39.9. The van der Waals surface area contributed by atoms with E-state index in [0.717, 1.165) is 27.1 Å². The number of carboxylic acid groups (broad SMARTS) is 1. The highest BCUT2D eigenvalue weighted by molar-refractivity contribution is 7.99. The zero-order valence-corrected chi connectivity index (χ0v) is 19.8. The summed E-state index contributed by atoms with van der Waals surface area (Å²) in [5.41, 5.74) is 4.97. The van der Waals surface area contributed by atoms with Gasteiger partial charge in [0.25, 0.3) is 5.91 Å². The van der Waals surface area contributed by atoms with Crippen molar-refractivity contribution >= 4 is 35.4 Å². The van der Waals surface area contributed by atoms with Gasteiger partial charge in [0.05, 0.1) is 5.69 Å². The summed E-state index contributed by atoms with van der Waals surface area (Å²) in [6, 6.07) is 21.2. The Kier molecular flexibility index (Phi) is 6.21. The van der Waals surface area contributed by atoms with Crippen molar-refractivity contribution in [1.82, 2.24) is 5.32 Å². The van der Waals surface area contributed by atoms with Gasteiger partial charge >= 0.3 is 12.1 Å². The molecule has 8 heteroatoms. The van der Waals surface area contributed by atoms with Crippen LogP contribution in [0.25, 0.3) is 11.1 Å². The zero-order chi connectivity index (χ0) is 24.5. The third-order valence-corrected chi connectivity index (χ3v) is 7.60. The van der Waals surface area contributed by atoms with Gasteiger partial charge in [-0.25, -0.2) is 9.59 Å². The minimum Gasteiger partial charge on any atom is -0.480 e. The number of benzene rings is 3. The molecule has 2 amide bonds. The number of amides is 2. The second kappa shape index (κ2) is 9.46. The number of hydrogen-bond acceptors (Lipinski definition) is 5. The fourth-order valence-electron chi connectivity index (χ4n) is 4.70. The van der Waals surface area contributed by atoms with E-state index in [-0.39, 0.29) is 18.3 Å². The topological polar surface area (TPSA) is 95.9 Å². The molecule has 2 unspecified atom stereocenters. The molecule has 1 aliphatic heterocycles. The van der Waals surface area contributed by atoms with Crippen LogP contribution in [0.15, 0.2) is 77.7 Å². The van der Waals surface area contributed by atoms with Crippen LogP contribution in [0.5, 0.6) is 0 Å². The van der Waals surface area contributed by atoms with Gasteiger partial charge in [-0.1, -0.05) is 60.7 Å². The van der Waals surface area contributed by atoms with Crippen molar-refractivity contribution in [1.29, 1.82) is 0 Å². The SMILES string of the molecule is CC(C(=O)O)N1C(=O)C(NC(=O)OCC2c3ccccc3-c3ccccc32)CSc2ccccc21. The van der Waals surface area contributed by atoms with Gasteiger partial charge in [-0.2, -0.15) is 0 Å². The largest absolute Gasteiger partial charge is 0.480 e. The number of ether oxygens (including phenoxy) is 1. The van der Waals surface area contributed by atoms with Crippen molar-refractivity contribution in [3.8, 4) is 11.1 Å². The average Bonchev–Trinajstić information content (AvgIpc) is 3.12. The zero-order valence-electron chi connectivity index (χ0n) is 19.0. The first-order chi connectivity index (χ1) is 17.0. The lowest BCUT2D eigenvalue weighted by Crippen LogP contribution is -2.53. The number of fused-ring (bicyclic) bond motifs is 4. The molecule has 2 N–H and O–H groups in total. The molecular formula is C27H24N2O5S.